The van der Waals surface area contributed by atoms with Gasteiger partial charge in [-0.2, -0.15) is 5.10 Å². The van der Waals surface area contributed by atoms with E-state index >= 15 is 0 Å². The highest BCUT2D eigenvalue weighted by molar-refractivity contribution is 6.00. The summed E-state index contributed by atoms with van der Waals surface area (Å²) in [4.78, 5) is 13.4. The van der Waals surface area contributed by atoms with Crippen LogP contribution in [0.1, 0.15) is 89.5 Å². The Kier molecular flexibility index (Phi) is 8.24. The number of guanidine groups is 1. The van der Waals surface area contributed by atoms with Crippen LogP contribution in [0, 0.1) is 17.8 Å². The first-order valence-corrected chi connectivity index (χ1v) is 13.3. The average molecular weight is 467 g/mol. The minimum atomic E-state index is -0.0674. The summed E-state index contributed by atoms with van der Waals surface area (Å²) < 4.78 is 0. The number of benzene rings is 1. The normalized spacial score (nSPS) is 28.8. The molecule has 1 amide bonds. The summed E-state index contributed by atoms with van der Waals surface area (Å²) in [6.45, 7) is 2.65. The molecule has 1 aromatic carbocycles. The molecule has 0 radical (unpaired) electrons. The van der Waals surface area contributed by atoms with Gasteiger partial charge in [0, 0.05) is 17.8 Å². The molecule has 3 aliphatic rings. The van der Waals surface area contributed by atoms with Gasteiger partial charge in [0.05, 0.1) is 11.6 Å². The molecule has 3 unspecified atom stereocenters. The maximum Gasteiger partial charge on any atom is 0.229 e. The number of hydrogen-bond acceptors (Lipinski definition) is 4. The summed E-state index contributed by atoms with van der Waals surface area (Å²) in [5, 5.41) is 14.9. The maximum absolute atomic E-state index is 13.4. The van der Waals surface area contributed by atoms with Crippen LogP contribution in [-0.2, 0) is 4.79 Å². The number of fused-ring (bicyclic) bond motifs is 1. The molecule has 1 saturated heterocycles. The lowest BCUT2D eigenvalue weighted by molar-refractivity contribution is -0.121. The van der Waals surface area contributed by atoms with Crippen LogP contribution in [0.3, 0.4) is 0 Å². The third kappa shape index (κ3) is 5.62. The zero-order chi connectivity index (χ0) is 24.0. The van der Waals surface area contributed by atoms with Crippen LogP contribution in [-0.4, -0.2) is 29.7 Å². The molecule has 6 N–H and O–H groups in total. The molecule has 186 valence electrons. The SMILES string of the molecule is C/C(=N/N=C(N)N)c1ccc(NC(=O)C2CNC3(C4CCCCCCCC4)CCCCC23)cc1. The van der Waals surface area contributed by atoms with Gasteiger partial charge in [0.25, 0.3) is 0 Å². The van der Waals surface area contributed by atoms with Gasteiger partial charge in [-0.3, -0.25) is 4.79 Å². The van der Waals surface area contributed by atoms with Crippen molar-refractivity contribution < 1.29 is 4.79 Å². The van der Waals surface area contributed by atoms with Gasteiger partial charge in [0.1, 0.15) is 0 Å². The minimum absolute atomic E-state index is 0.0396. The standard InChI is InChI=1S/C27H42N6O/c1-19(32-33-26(28)29)20-13-15-22(16-14-20)31-25(34)23-18-30-27(17-9-8-12-24(23)27)21-10-6-4-2-3-5-7-11-21/h13-16,21,23-24,30H,2-12,17-18H2,1H3,(H,31,34)(H4,28,29,33)/b32-19-. The second-order valence-corrected chi connectivity index (χ2v) is 10.6. The van der Waals surface area contributed by atoms with Crippen LogP contribution in [0.15, 0.2) is 34.5 Å². The van der Waals surface area contributed by atoms with Crippen LogP contribution in [0.2, 0.25) is 0 Å². The monoisotopic (exact) mass is 466 g/mol. The predicted octanol–water partition coefficient (Wildman–Crippen LogP) is 4.52. The van der Waals surface area contributed by atoms with Gasteiger partial charge < -0.3 is 22.1 Å². The van der Waals surface area contributed by atoms with Crippen molar-refractivity contribution in [3.05, 3.63) is 29.8 Å². The zero-order valence-corrected chi connectivity index (χ0v) is 20.7. The first kappa shape index (κ1) is 24.7. The molecule has 0 spiro atoms. The van der Waals surface area contributed by atoms with Gasteiger partial charge in [-0.25, -0.2) is 0 Å². The summed E-state index contributed by atoms with van der Waals surface area (Å²) in [7, 11) is 0. The summed E-state index contributed by atoms with van der Waals surface area (Å²) in [6, 6.07) is 7.73. The Hall–Kier alpha value is -2.41. The van der Waals surface area contributed by atoms with E-state index in [1.54, 1.807) is 0 Å². The second-order valence-electron chi connectivity index (χ2n) is 10.6. The fraction of sp³-hybridized carbons (Fsp3) is 0.667. The van der Waals surface area contributed by atoms with Gasteiger partial charge in [-0.15, -0.1) is 5.10 Å². The van der Waals surface area contributed by atoms with E-state index in [1.165, 1.54) is 77.0 Å². The fourth-order valence-electron chi connectivity index (χ4n) is 6.74. The quantitative estimate of drug-likeness (QED) is 0.290. The number of rotatable bonds is 5. The Morgan fingerprint density at radius 2 is 1.59 bits per heavy atom. The lowest BCUT2D eigenvalue weighted by Gasteiger charge is -2.47. The Morgan fingerprint density at radius 3 is 2.26 bits per heavy atom. The molecule has 3 atom stereocenters. The Bertz CT molecular complexity index is 881. The lowest BCUT2D eigenvalue weighted by Crippen LogP contribution is -2.53. The van der Waals surface area contributed by atoms with Crippen LogP contribution >= 0.6 is 0 Å². The highest BCUT2D eigenvalue weighted by Crippen LogP contribution is 2.50. The molecule has 1 aliphatic heterocycles. The molecular formula is C27H42N6O. The zero-order valence-electron chi connectivity index (χ0n) is 20.7. The number of nitrogens with zero attached hydrogens (tertiary/aromatic N) is 2. The van der Waals surface area contributed by atoms with Gasteiger partial charge >= 0.3 is 0 Å². The Morgan fingerprint density at radius 1 is 0.941 bits per heavy atom. The van der Waals surface area contributed by atoms with Crippen molar-refractivity contribution in [1.82, 2.24) is 5.32 Å². The number of nitrogens with one attached hydrogen (secondary N) is 2. The van der Waals surface area contributed by atoms with Crippen molar-refractivity contribution in [3.63, 3.8) is 0 Å². The lowest BCUT2D eigenvalue weighted by atomic mass is 9.62. The van der Waals surface area contributed by atoms with Crippen LogP contribution < -0.4 is 22.1 Å². The maximum atomic E-state index is 13.4. The molecule has 2 aliphatic carbocycles. The third-order valence-electron chi connectivity index (χ3n) is 8.46. The van der Waals surface area contributed by atoms with Gasteiger partial charge in [0.2, 0.25) is 11.9 Å². The van der Waals surface area contributed by atoms with Crippen molar-refractivity contribution in [2.24, 2.45) is 39.4 Å². The highest BCUT2D eigenvalue weighted by Gasteiger charge is 2.54. The van der Waals surface area contributed by atoms with Crippen molar-refractivity contribution in [2.75, 3.05) is 11.9 Å². The smallest absolute Gasteiger partial charge is 0.229 e. The number of amides is 1. The van der Waals surface area contributed by atoms with E-state index in [0.717, 1.165) is 17.8 Å². The van der Waals surface area contributed by atoms with Crippen molar-refractivity contribution in [2.45, 2.75) is 89.5 Å². The first-order chi connectivity index (χ1) is 16.5. The van der Waals surface area contributed by atoms with Crippen LogP contribution in [0.25, 0.3) is 0 Å². The van der Waals surface area contributed by atoms with E-state index in [-0.39, 0.29) is 23.3 Å². The van der Waals surface area contributed by atoms with Gasteiger partial charge in [0.15, 0.2) is 0 Å². The van der Waals surface area contributed by atoms with Crippen LogP contribution in [0.4, 0.5) is 5.69 Å². The van der Waals surface area contributed by atoms with E-state index in [2.05, 4.69) is 20.8 Å². The summed E-state index contributed by atoms with van der Waals surface area (Å²) in [5.41, 5.74) is 13.3. The fourth-order valence-corrected chi connectivity index (χ4v) is 6.74. The van der Waals surface area contributed by atoms with Crippen molar-refractivity contribution in [1.29, 1.82) is 0 Å². The largest absolute Gasteiger partial charge is 0.369 e. The molecule has 1 aromatic rings. The second kappa shape index (κ2) is 11.3. The molecule has 7 nitrogen and oxygen atoms in total. The first-order valence-electron chi connectivity index (χ1n) is 13.3. The highest BCUT2D eigenvalue weighted by atomic mass is 16.2. The molecule has 2 saturated carbocycles. The van der Waals surface area contributed by atoms with Gasteiger partial charge in [-0.05, 0) is 62.1 Å². The molecule has 4 rings (SSSR count). The summed E-state index contributed by atoms with van der Waals surface area (Å²) in [6.07, 6.45) is 15.8. The molecule has 7 heteroatoms. The molecule has 0 aromatic heterocycles. The Labute approximate surface area is 204 Å². The molecule has 3 fully saturated rings. The number of carbonyl (C=O) groups excluding carboxylic acids is 1. The van der Waals surface area contributed by atoms with Crippen molar-refractivity contribution in [3.8, 4) is 0 Å². The topological polar surface area (TPSA) is 118 Å². The molecule has 1 heterocycles. The average Bonchev–Trinajstić information content (AvgIpc) is 3.29. The van der Waals surface area contributed by atoms with E-state index < -0.39 is 0 Å². The van der Waals surface area contributed by atoms with E-state index in [1.807, 2.05) is 31.2 Å². The van der Waals surface area contributed by atoms with E-state index in [9.17, 15) is 4.79 Å². The van der Waals surface area contributed by atoms with Crippen molar-refractivity contribution >= 4 is 23.3 Å². The number of hydrogen-bond donors (Lipinski definition) is 4. The van der Waals surface area contributed by atoms with E-state index in [0.29, 0.717) is 17.5 Å². The number of anilines is 1. The Balaban J connectivity index is 1.44. The number of nitrogens with two attached hydrogens (primary N) is 2. The van der Waals surface area contributed by atoms with Crippen LogP contribution in [0.5, 0.6) is 0 Å². The summed E-state index contributed by atoms with van der Waals surface area (Å²) >= 11 is 0. The van der Waals surface area contributed by atoms with E-state index in [4.69, 9.17) is 11.5 Å². The molecule has 34 heavy (non-hydrogen) atoms. The number of carbonyl (C=O) groups is 1. The third-order valence-corrected chi connectivity index (χ3v) is 8.46. The van der Waals surface area contributed by atoms with Gasteiger partial charge in [-0.1, -0.05) is 63.5 Å². The predicted molar refractivity (Wildman–Crippen MR) is 140 cm³/mol. The molecular weight excluding hydrogens is 424 g/mol. The minimum Gasteiger partial charge on any atom is -0.369 e. The summed E-state index contributed by atoms with van der Waals surface area (Å²) in [5.74, 6) is 1.28. The molecule has 0 bridgehead atoms.